The molecule has 214 valence electrons. The van der Waals surface area contributed by atoms with Crippen LogP contribution in [0.4, 0.5) is 10.2 Å². The average molecular weight is 585 g/mol. The molecule has 5 heterocycles. The van der Waals surface area contributed by atoms with Crippen LogP contribution < -0.4 is 4.90 Å². The van der Waals surface area contributed by atoms with Crippen LogP contribution in [0, 0.1) is 11.2 Å². The molecular formula is C31H29FN6O3S. The Morgan fingerprint density at radius 2 is 1.74 bits per heavy atom. The molecule has 0 bridgehead atoms. The molecule has 0 N–H and O–H groups in total. The molecule has 4 aromatic rings. The van der Waals surface area contributed by atoms with Crippen LogP contribution >= 0.6 is 0 Å². The molecule has 0 radical (unpaired) electrons. The van der Waals surface area contributed by atoms with Crippen LogP contribution in [0.2, 0.25) is 0 Å². The SMILES string of the molecule is O=C(c1ccccn1)C12Cc3cnn(-c4ccc(F)cc4)c3C=C1CCN(S(=O)(=O)c1ccc(N3CCCC3)nc1)C2. The number of ketones is 1. The van der Waals surface area contributed by atoms with E-state index in [2.05, 4.69) is 20.0 Å². The minimum Gasteiger partial charge on any atom is -0.357 e. The number of carbonyl (C=O) groups is 1. The van der Waals surface area contributed by atoms with Crippen LogP contribution in [-0.4, -0.2) is 64.4 Å². The number of sulfonamides is 1. The molecule has 9 nitrogen and oxygen atoms in total. The zero-order valence-electron chi connectivity index (χ0n) is 22.9. The maximum absolute atomic E-state index is 14.3. The van der Waals surface area contributed by atoms with E-state index in [1.807, 2.05) is 6.08 Å². The zero-order chi connectivity index (χ0) is 28.9. The Hall–Kier alpha value is -4.22. The first-order valence-electron chi connectivity index (χ1n) is 14.1. The fraction of sp³-hybridized carbons (Fsp3) is 0.290. The third-order valence-corrected chi connectivity index (χ3v) is 10.4. The summed E-state index contributed by atoms with van der Waals surface area (Å²) >= 11 is 0. The van der Waals surface area contributed by atoms with Gasteiger partial charge in [0.15, 0.2) is 5.78 Å². The summed E-state index contributed by atoms with van der Waals surface area (Å²) in [5, 5.41) is 4.55. The Balaban J connectivity index is 1.26. The fourth-order valence-corrected chi connectivity index (χ4v) is 7.80. The largest absolute Gasteiger partial charge is 0.357 e. The molecule has 1 aliphatic carbocycles. The fourth-order valence-electron chi connectivity index (χ4n) is 6.36. The summed E-state index contributed by atoms with van der Waals surface area (Å²) < 4.78 is 44.6. The molecule has 0 spiro atoms. The van der Waals surface area contributed by atoms with E-state index in [0.29, 0.717) is 12.1 Å². The van der Waals surface area contributed by atoms with Gasteiger partial charge >= 0.3 is 0 Å². The highest BCUT2D eigenvalue weighted by Crippen LogP contribution is 2.47. The van der Waals surface area contributed by atoms with Gasteiger partial charge in [0.1, 0.15) is 22.2 Å². The highest BCUT2D eigenvalue weighted by atomic mass is 32.2. The van der Waals surface area contributed by atoms with Crippen molar-refractivity contribution in [2.75, 3.05) is 31.1 Å². The summed E-state index contributed by atoms with van der Waals surface area (Å²) in [5.41, 5.74) is 2.29. The van der Waals surface area contributed by atoms with E-state index in [-0.39, 0.29) is 41.7 Å². The molecule has 7 rings (SSSR count). The van der Waals surface area contributed by atoms with Crippen molar-refractivity contribution in [2.45, 2.75) is 30.6 Å². The lowest BCUT2D eigenvalue weighted by molar-refractivity contribution is 0.0770. The summed E-state index contributed by atoms with van der Waals surface area (Å²) in [6.07, 6.45) is 9.48. The van der Waals surface area contributed by atoms with Gasteiger partial charge in [-0.15, -0.1) is 0 Å². The maximum Gasteiger partial charge on any atom is 0.244 e. The Bertz CT molecular complexity index is 1780. The van der Waals surface area contributed by atoms with Gasteiger partial charge in [-0.1, -0.05) is 11.6 Å². The number of Topliss-reactive ketones (excluding diaryl/α,β-unsaturated/α-hetero) is 1. The minimum absolute atomic E-state index is 0.0222. The monoisotopic (exact) mass is 584 g/mol. The van der Waals surface area contributed by atoms with Crippen LogP contribution in [0.5, 0.6) is 0 Å². The maximum atomic E-state index is 14.3. The Morgan fingerprint density at radius 3 is 2.45 bits per heavy atom. The van der Waals surface area contributed by atoms with Gasteiger partial charge in [0.25, 0.3) is 0 Å². The van der Waals surface area contributed by atoms with Gasteiger partial charge in [-0.25, -0.2) is 22.5 Å². The van der Waals surface area contributed by atoms with Gasteiger partial charge in [0, 0.05) is 38.6 Å². The molecule has 2 aliphatic heterocycles. The molecule has 3 aromatic heterocycles. The molecular weight excluding hydrogens is 555 g/mol. The normalized spacial score (nSPS) is 20.6. The standard InChI is InChI=1S/C31H29FN6O3S/c32-24-6-8-25(9-7-24)38-28-17-23-12-16-37(42(40,41)26-10-11-29(34-20-26)36-14-3-4-15-36)21-31(23,18-22(28)19-35-38)30(39)27-5-1-2-13-33-27/h1-2,5-11,13,17,19-20H,3-4,12,14-16,18,21H2. The van der Waals surface area contributed by atoms with Crippen LogP contribution in [0.1, 0.15) is 41.0 Å². The van der Waals surface area contributed by atoms with E-state index in [1.54, 1.807) is 59.5 Å². The van der Waals surface area contributed by atoms with E-state index in [1.165, 1.54) is 22.6 Å². The quantitative estimate of drug-likeness (QED) is 0.312. The molecule has 11 heteroatoms. The molecule has 0 amide bonds. The zero-order valence-corrected chi connectivity index (χ0v) is 23.7. The summed E-state index contributed by atoms with van der Waals surface area (Å²) in [5.74, 6) is 0.208. The molecule has 2 fully saturated rings. The minimum atomic E-state index is -3.93. The lowest BCUT2D eigenvalue weighted by atomic mass is 9.65. The summed E-state index contributed by atoms with van der Waals surface area (Å²) in [6.45, 7) is 2.03. The molecule has 42 heavy (non-hydrogen) atoms. The van der Waals surface area contributed by atoms with Gasteiger partial charge < -0.3 is 4.90 Å². The number of nitrogens with zero attached hydrogens (tertiary/aromatic N) is 6. The van der Waals surface area contributed by atoms with Gasteiger partial charge in [-0.2, -0.15) is 9.40 Å². The lowest BCUT2D eigenvalue weighted by Crippen LogP contribution is -2.53. The summed E-state index contributed by atoms with van der Waals surface area (Å²) in [7, 11) is -3.93. The highest BCUT2D eigenvalue weighted by Gasteiger charge is 2.51. The van der Waals surface area contributed by atoms with E-state index in [4.69, 9.17) is 0 Å². The number of carbonyl (C=O) groups excluding carboxylic acids is 1. The van der Waals surface area contributed by atoms with E-state index in [0.717, 1.165) is 48.6 Å². The second-order valence-electron chi connectivity index (χ2n) is 11.1. The summed E-state index contributed by atoms with van der Waals surface area (Å²) in [4.78, 5) is 25.3. The van der Waals surface area contributed by atoms with Crippen molar-refractivity contribution in [3.05, 3.63) is 102 Å². The van der Waals surface area contributed by atoms with E-state index >= 15 is 0 Å². The number of pyridine rings is 2. The Labute approximate surface area is 243 Å². The van der Waals surface area contributed by atoms with E-state index < -0.39 is 15.4 Å². The molecule has 1 atom stereocenters. The number of fused-ring (bicyclic) bond motifs is 2. The van der Waals surface area contributed by atoms with Crippen molar-refractivity contribution in [2.24, 2.45) is 5.41 Å². The first kappa shape index (κ1) is 26.7. The third-order valence-electron chi connectivity index (χ3n) is 8.57. The number of benzene rings is 1. The molecule has 2 saturated heterocycles. The number of piperidine rings is 1. The van der Waals surface area contributed by atoms with Crippen molar-refractivity contribution in [3.63, 3.8) is 0 Å². The van der Waals surface area contributed by atoms with Crippen molar-refractivity contribution >= 4 is 27.7 Å². The number of aromatic nitrogens is 4. The van der Waals surface area contributed by atoms with Crippen LogP contribution in [-0.2, 0) is 16.4 Å². The van der Waals surface area contributed by atoms with Crippen molar-refractivity contribution in [3.8, 4) is 5.69 Å². The van der Waals surface area contributed by atoms with Gasteiger partial charge in [-0.05, 0) is 85.9 Å². The topological polar surface area (TPSA) is 101 Å². The summed E-state index contributed by atoms with van der Waals surface area (Å²) in [6, 6.07) is 14.6. The predicted octanol–water partition coefficient (Wildman–Crippen LogP) is 4.31. The van der Waals surface area contributed by atoms with Crippen molar-refractivity contribution in [1.82, 2.24) is 24.1 Å². The second-order valence-corrected chi connectivity index (χ2v) is 13.0. The Morgan fingerprint density at radius 1 is 0.929 bits per heavy atom. The average Bonchev–Trinajstić information content (AvgIpc) is 3.71. The van der Waals surface area contributed by atoms with Gasteiger partial charge in [0.05, 0.1) is 23.0 Å². The van der Waals surface area contributed by atoms with Crippen LogP contribution in [0.15, 0.2) is 83.7 Å². The van der Waals surface area contributed by atoms with Crippen molar-refractivity contribution in [1.29, 1.82) is 0 Å². The molecule has 3 aliphatic rings. The number of halogens is 1. The first-order valence-corrected chi connectivity index (χ1v) is 15.5. The Kier molecular flexibility index (Phi) is 6.51. The molecule has 1 aromatic carbocycles. The van der Waals surface area contributed by atoms with Gasteiger partial charge in [0.2, 0.25) is 10.0 Å². The number of rotatable bonds is 6. The second kappa shape index (κ2) is 10.2. The third kappa shape index (κ3) is 4.44. The van der Waals surface area contributed by atoms with Crippen molar-refractivity contribution < 1.29 is 17.6 Å². The van der Waals surface area contributed by atoms with Gasteiger partial charge in [-0.3, -0.25) is 9.78 Å². The predicted molar refractivity (Wildman–Crippen MR) is 155 cm³/mol. The van der Waals surface area contributed by atoms with Crippen LogP contribution in [0.25, 0.3) is 11.8 Å². The number of hydrogen-bond donors (Lipinski definition) is 0. The van der Waals surface area contributed by atoms with E-state index in [9.17, 15) is 17.6 Å². The lowest BCUT2D eigenvalue weighted by Gasteiger charge is -2.44. The number of hydrogen-bond acceptors (Lipinski definition) is 7. The number of anilines is 1. The smallest absolute Gasteiger partial charge is 0.244 e. The first-order chi connectivity index (χ1) is 20.3. The van der Waals surface area contributed by atoms with Crippen LogP contribution in [0.3, 0.4) is 0 Å². The highest BCUT2D eigenvalue weighted by molar-refractivity contribution is 7.89. The molecule has 0 saturated carbocycles. The molecule has 1 unspecified atom stereocenters.